The van der Waals surface area contributed by atoms with Gasteiger partial charge in [0.15, 0.2) is 0 Å². The smallest absolute Gasteiger partial charge is 0.0287 e. The third-order valence-corrected chi connectivity index (χ3v) is 14.2. The molecule has 7 fully saturated rings. The lowest BCUT2D eigenvalue weighted by Gasteiger charge is -2.67. The van der Waals surface area contributed by atoms with E-state index in [1.54, 1.807) is 64.2 Å². The molecule has 0 radical (unpaired) electrons. The molecular formula is C32H52. The fourth-order valence-corrected chi connectivity index (χ4v) is 12.8. The Morgan fingerprint density at radius 1 is 0.625 bits per heavy atom. The van der Waals surface area contributed by atoms with Gasteiger partial charge in [0.25, 0.3) is 0 Å². The highest BCUT2D eigenvalue weighted by Crippen LogP contribution is 2.75. The average Bonchev–Trinajstić information content (AvgIpc) is 3.09. The van der Waals surface area contributed by atoms with Crippen molar-refractivity contribution in [3.8, 4) is 0 Å². The van der Waals surface area contributed by atoms with E-state index in [2.05, 4.69) is 34.6 Å². The van der Waals surface area contributed by atoms with Gasteiger partial charge in [-0.15, -0.1) is 0 Å². The number of hydrogen-bond acceptors (Lipinski definition) is 0. The van der Waals surface area contributed by atoms with Crippen LogP contribution in [-0.2, 0) is 0 Å². The molecule has 7 saturated carbocycles. The van der Waals surface area contributed by atoms with E-state index in [0.29, 0.717) is 0 Å². The topological polar surface area (TPSA) is 0 Å². The first kappa shape index (κ1) is 21.3. The van der Waals surface area contributed by atoms with E-state index in [9.17, 15) is 0 Å². The molecule has 0 aromatic carbocycles. The van der Waals surface area contributed by atoms with Gasteiger partial charge in [-0.3, -0.25) is 0 Å². The van der Waals surface area contributed by atoms with E-state index in [0.717, 1.165) is 87.8 Å². The molecule has 0 amide bonds. The minimum Gasteiger partial charge on any atom is -0.0651 e. The summed E-state index contributed by atoms with van der Waals surface area (Å²) in [5.41, 5.74) is 1.71. The Hall–Kier alpha value is 0. The van der Waals surface area contributed by atoms with Gasteiger partial charge in [0.1, 0.15) is 0 Å². The maximum atomic E-state index is 2.58. The van der Waals surface area contributed by atoms with Crippen molar-refractivity contribution in [3.05, 3.63) is 0 Å². The van der Waals surface area contributed by atoms with Crippen LogP contribution in [0.15, 0.2) is 0 Å². The molecule has 0 heteroatoms. The first-order valence-corrected chi connectivity index (χ1v) is 15.4. The zero-order chi connectivity index (χ0) is 22.0. The largest absolute Gasteiger partial charge is 0.0651 e. The van der Waals surface area contributed by atoms with Crippen molar-refractivity contribution < 1.29 is 0 Å². The minimum atomic E-state index is 0.855. The van der Waals surface area contributed by atoms with Gasteiger partial charge in [-0.25, -0.2) is 0 Å². The van der Waals surface area contributed by atoms with Gasteiger partial charge < -0.3 is 0 Å². The molecule has 2 spiro atoms. The van der Waals surface area contributed by atoms with Crippen LogP contribution in [0.3, 0.4) is 0 Å². The second-order valence-corrected chi connectivity index (χ2v) is 15.7. The predicted octanol–water partition coefficient (Wildman–Crippen LogP) is 8.85. The lowest BCUT2D eigenvalue weighted by molar-refractivity contribution is -0.165. The zero-order valence-corrected chi connectivity index (χ0v) is 22.0. The number of fused-ring (bicyclic) bond motifs is 4. The van der Waals surface area contributed by atoms with Crippen LogP contribution in [0.2, 0.25) is 0 Å². The summed E-state index contributed by atoms with van der Waals surface area (Å²) >= 11 is 0. The summed E-state index contributed by atoms with van der Waals surface area (Å²) in [6.45, 7) is 12.5. The fraction of sp³-hybridized carbons (Fsp3) is 1.00. The Morgan fingerprint density at radius 2 is 1.12 bits per heavy atom. The van der Waals surface area contributed by atoms with E-state index >= 15 is 0 Å². The standard InChI is InChI=1S/C32H52/c1-6-24-19(5)8-27-29(24)28-9-26(25(7-2)30(27)28)23-16-32(17-23)14-22(15-32)21-12-31(13-21)10-20(11-31)18(3)4/h18-30H,6-17H2,1-5H3. The molecule has 180 valence electrons. The Morgan fingerprint density at radius 3 is 1.69 bits per heavy atom. The maximum absolute atomic E-state index is 2.58. The normalized spacial score (nSPS) is 62.1. The average molecular weight is 437 g/mol. The molecule has 0 aromatic rings. The number of rotatable bonds is 5. The highest BCUT2D eigenvalue weighted by Gasteiger charge is 2.67. The van der Waals surface area contributed by atoms with E-state index in [4.69, 9.17) is 0 Å². The van der Waals surface area contributed by atoms with Crippen LogP contribution in [0.4, 0.5) is 0 Å². The van der Waals surface area contributed by atoms with Crippen molar-refractivity contribution in [1.29, 1.82) is 0 Å². The van der Waals surface area contributed by atoms with Crippen molar-refractivity contribution in [1.82, 2.24) is 0 Å². The maximum Gasteiger partial charge on any atom is -0.0287 e. The van der Waals surface area contributed by atoms with Crippen LogP contribution in [0.5, 0.6) is 0 Å². The van der Waals surface area contributed by atoms with Crippen LogP contribution >= 0.6 is 0 Å². The van der Waals surface area contributed by atoms with Gasteiger partial charge in [-0.1, -0.05) is 47.5 Å². The molecule has 7 aliphatic rings. The van der Waals surface area contributed by atoms with Gasteiger partial charge in [-0.2, -0.15) is 0 Å². The molecule has 32 heavy (non-hydrogen) atoms. The second kappa shape index (κ2) is 7.03. The highest BCUT2D eigenvalue weighted by molar-refractivity contribution is 5.16. The summed E-state index contributed by atoms with van der Waals surface area (Å²) in [6.07, 6.45) is 19.2. The Bertz CT molecular complexity index is 719. The van der Waals surface area contributed by atoms with Gasteiger partial charge in [0.05, 0.1) is 0 Å². The van der Waals surface area contributed by atoms with Gasteiger partial charge in [-0.05, 0) is 152 Å². The van der Waals surface area contributed by atoms with Crippen molar-refractivity contribution in [2.75, 3.05) is 0 Å². The molecular weight excluding hydrogens is 384 g/mol. The predicted molar refractivity (Wildman–Crippen MR) is 134 cm³/mol. The van der Waals surface area contributed by atoms with E-state index in [-0.39, 0.29) is 0 Å². The third kappa shape index (κ3) is 2.74. The van der Waals surface area contributed by atoms with Crippen LogP contribution < -0.4 is 0 Å². The third-order valence-electron chi connectivity index (χ3n) is 14.2. The lowest BCUT2D eigenvalue weighted by Crippen LogP contribution is -2.57. The number of hydrogen-bond donors (Lipinski definition) is 0. The SMILES string of the molecule is CCC1C(C)CC2C1C1CC(C3CC4(CC(C5CC6(CC(C(C)C)C6)C5)C4)C3)C(CC)C21. The Labute approximate surface area is 199 Å². The van der Waals surface area contributed by atoms with Crippen LogP contribution in [0.25, 0.3) is 0 Å². The molecule has 0 heterocycles. The monoisotopic (exact) mass is 436 g/mol. The van der Waals surface area contributed by atoms with Crippen molar-refractivity contribution in [2.45, 2.75) is 112 Å². The van der Waals surface area contributed by atoms with Gasteiger partial charge >= 0.3 is 0 Å². The first-order valence-electron chi connectivity index (χ1n) is 15.4. The van der Waals surface area contributed by atoms with Crippen LogP contribution in [0, 0.1) is 87.8 Å². The van der Waals surface area contributed by atoms with Crippen LogP contribution in [-0.4, -0.2) is 0 Å². The summed E-state index contributed by atoms with van der Waals surface area (Å²) < 4.78 is 0. The Kier molecular flexibility index (Phi) is 4.68. The highest BCUT2D eigenvalue weighted by atomic mass is 14.7. The van der Waals surface area contributed by atoms with Gasteiger partial charge in [0, 0.05) is 0 Å². The fourth-order valence-electron chi connectivity index (χ4n) is 12.8. The van der Waals surface area contributed by atoms with Gasteiger partial charge in [0.2, 0.25) is 0 Å². The molecule has 0 saturated heterocycles. The molecule has 0 nitrogen and oxygen atoms in total. The zero-order valence-electron chi connectivity index (χ0n) is 22.0. The second-order valence-electron chi connectivity index (χ2n) is 15.7. The molecule has 0 bridgehead atoms. The summed E-state index contributed by atoms with van der Waals surface area (Å²) in [6, 6.07) is 0. The molecule has 7 rings (SSSR count). The van der Waals surface area contributed by atoms with Crippen LogP contribution in [0.1, 0.15) is 112 Å². The molecule has 7 aliphatic carbocycles. The van der Waals surface area contributed by atoms with E-state index in [1.165, 1.54) is 12.8 Å². The van der Waals surface area contributed by atoms with Crippen molar-refractivity contribution >= 4 is 0 Å². The Balaban J connectivity index is 0.913. The molecule has 0 aliphatic heterocycles. The van der Waals surface area contributed by atoms with Crippen molar-refractivity contribution in [3.63, 3.8) is 0 Å². The van der Waals surface area contributed by atoms with Crippen molar-refractivity contribution in [2.24, 2.45) is 87.8 Å². The quantitative estimate of drug-likeness (QED) is 0.404. The van der Waals surface area contributed by atoms with E-state index < -0.39 is 0 Å². The summed E-state index contributed by atoms with van der Waals surface area (Å²) in [7, 11) is 0. The molecule has 0 N–H and O–H groups in total. The first-order chi connectivity index (χ1) is 15.4. The lowest BCUT2D eigenvalue weighted by atomic mass is 9.38. The summed E-state index contributed by atoms with van der Waals surface area (Å²) in [5.74, 6) is 14.4. The molecule has 8 unspecified atom stereocenters. The summed E-state index contributed by atoms with van der Waals surface area (Å²) in [5, 5.41) is 0. The molecule has 0 aromatic heterocycles. The summed E-state index contributed by atoms with van der Waals surface area (Å²) in [4.78, 5) is 0. The van der Waals surface area contributed by atoms with E-state index in [1.807, 2.05) is 0 Å². The molecule has 8 atom stereocenters. The minimum absolute atomic E-state index is 0.855.